The van der Waals surface area contributed by atoms with Gasteiger partial charge in [-0.3, -0.25) is 0 Å². The Morgan fingerprint density at radius 2 is 2.31 bits per heavy atom. The Balaban J connectivity index is 2.13. The zero-order chi connectivity index (χ0) is 11.6. The number of halogens is 2. The van der Waals surface area contributed by atoms with Gasteiger partial charge in [0.2, 0.25) is 0 Å². The van der Waals surface area contributed by atoms with Gasteiger partial charge in [-0.2, -0.15) is 0 Å². The van der Waals surface area contributed by atoms with Gasteiger partial charge < -0.3 is 9.84 Å². The quantitative estimate of drug-likeness (QED) is 0.907. The van der Waals surface area contributed by atoms with E-state index in [1.54, 1.807) is 6.07 Å². The summed E-state index contributed by atoms with van der Waals surface area (Å²) in [5.41, 5.74) is 0.105. The number of aliphatic hydroxyl groups is 1. The minimum absolute atomic E-state index is 0.275. The molecule has 1 fully saturated rings. The first-order valence-electron chi connectivity index (χ1n) is 5.33. The normalized spacial score (nSPS) is 25.7. The predicted molar refractivity (Wildman–Crippen MR) is 62.8 cm³/mol. The lowest BCUT2D eigenvalue weighted by molar-refractivity contribution is -0.0845. The molecular formula is C12H14BrFO2. The van der Waals surface area contributed by atoms with E-state index in [4.69, 9.17) is 4.74 Å². The number of hydrogen-bond donors (Lipinski definition) is 1. The summed E-state index contributed by atoms with van der Waals surface area (Å²) in [5.74, 6) is -0.275. The van der Waals surface area contributed by atoms with Gasteiger partial charge >= 0.3 is 0 Å². The molecule has 16 heavy (non-hydrogen) atoms. The Labute approximate surface area is 103 Å². The van der Waals surface area contributed by atoms with Gasteiger partial charge in [0, 0.05) is 17.5 Å². The second kappa shape index (κ2) is 4.82. The summed E-state index contributed by atoms with van der Waals surface area (Å²) in [7, 11) is 0. The fourth-order valence-corrected chi connectivity index (χ4v) is 2.49. The van der Waals surface area contributed by atoms with Crippen LogP contribution in [-0.4, -0.2) is 23.9 Å². The number of hydrogen-bond acceptors (Lipinski definition) is 2. The molecule has 1 aliphatic heterocycles. The topological polar surface area (TPSA) is 29.5 Å². The van der Waals surface area contributed by atoms with Gasteiger partial charge in [0.25, 0.3) is 0 Å². The Bertz CT molecular complexity index is 375. The molecule has 0 bridgehead atoms. The summed E-state index contributed by atoms with van der Waals surface area (Å²) < 4.78 is 18.9. The molecule has 1 unspecified atom stereocenters. The SMILES string of the molecule is OC1(Cc2ccc(F)cc2Br)CCCOC1. The Morgan fingerprint density at radius 1 is 1.50 bits per heavy atom. The number of rotatable bonds is 2. The molecular weight excluding hydrogens is 275 g/mol. The first-order valence-corrected chi connectivity index (χ1v) is 6.12. The van der Waals surface area contributed by atoms with Crippen molar-refractivity contribution in [1.29, 1.82) is 0 Å². The van der Waals surface area contributed by atoms with Crippen molar-refractivity contribution in [3.05, 3.63) is 34.1 Å². The average Bonchev–Trinajstić information content (AvgIpc) is 2.23. The summed E-state index contributed by atoms with van der Waals surface area (Å²) in [5, 5.41) is 10.3. The van der Waals surface area contributed by atoms with Crippen LogP contribution in [0.15, 0.2) is 22.7 Å². The molecule has 0 aliphatic carbocycles. The van der Waals surface area contributed by atoms with Gasteiger partial charge in [-0.05, 0) is 30.5 Å². The number of ether oxygens (including phenoxy) is 1. The molecule has 1 heterocycles. The highest BCUT2D eigenvalue weighted by Crippen LogP contribution is 2.27. The summed E-state index contributed by atoms with van der Waals surface area (Å²) in [6.45, 7) is 1.07. The van der Waals surface area contributed by atoms with E-state index in [2.05, 4.69) is 15.9 Å². The molecule has 1 aromatic carbocycles. The zero-order valence-corrected chi connectivity index (χ0v) is 10.5. The first kappa shape index (κ1) is 12.0. The van der Waals surface area contributed by atoms with Gasteiger partial charge in [-0.1, -0.05) is 22.0 Å². The van der Waals surface area contributed by atoms with Crippen LogP contribution >= 0.6 is 15.9 Å². The molecule has 1 saturated heterocycles. The second-order valence-electron chi connectivity index (χ2n) is 4.29. The lowest BCUT2D eigenvalue weighted by Crippen LogP contribution is -2.40. The van der Waals surface area contributed by atoms with E-state index in [0.717, 1.165) is 18.4 Å². The van der Waals surface area contributed by atoms with Crippen LogP contribution < -0.4 is 0 Å². The van der Waals surface area contributed by atoms with Crippen molar-refractivity contribution in [2.75, 3.05) is 13.2 Å². The minimum atomic E-state index is -0.807. The van der Waals surface area contributed by atoms with Crippen molar-refractivity contribution in [1.82, 2.24) is 0 Å². The van der Waals surface area contributed by atoms with Gasteiger partial charge in [0.1, 0.15) is 5.82 Å². The average molecular weight is 289 g/mol. The van der Waals surface area contributed by atoms with Crippen molar-refractivity contribution < 1.29 is 14.2 Å². The molecule has 0 radical (unpaired) electrons. The van der Waals surface area contributed by atoms with E-state index in [9.17, 15) is 9.50 Å². The van der Waals surface area contributed by atoms with Crippen LogP contribution in [0.2, 0.25) is 0 Å². The van der Waals surface area contributed by atoms with Crippen molar-refractivity contribution in [2.24, 2.45) is 0 Å². The van der Waals surface area contributed by atoms with Gasteiger partial charge in [0.15, 0.2) is 0 Å². The third-order valence-corrected chi connectivity index (χ3v) is 3.57. The van der Waals surface area contributed by atoms with Crippen LogP contribution in [0, 0.1) is 5.82 Å². The molecule has 4 heteroatoms. The zero-order valence-electron chi connectivity index (χ0n) is 8.88. The first-order chi connectivity index (χ1) is 7.59. The summed E-state index contributed by atoms with van der Waals surface area (Å²) in [4.78, 5) is 0. The summed E-state index contributed by atoms with van der Waals surface area (Å²) in [6.07, 6.45) is 2.10. The van der Waals surface area contributed by atoms with Gasteiger partial charge in [0.05, 0.1) is 12.2 Å². The largest absolute Gasteiger partial charge is 0.387 e. The van der Waals surface area contributed by atoms with E-state index in [-0.39, 0.29) is 5.82 Å². The Hall–Kier alpha value is -0.450. The Morgan fingerprint density at radius 3 is 2.94 bits per heavy atom. The molecule has 0 aromatic heterocycles. The van der Waals surface area contributed by atoms with Crippen LogP contribution in [0.4, 0.5) is 4.39 Å². The van der Waals surface area contributed by atoms with Crippen molar-refractivity contribution in [2.45, 2.75) is 24.9 Å². The second-order valence-corrected chi connectivity index (χ2v) is 5.15. The monoisotopic (exact) mass is 288 g/mol. The molecule has 1 atom stereocenters. The molecule has 2 rings (SSSR count). The van der Waals surface area contributed by atoms with Crippen LogP contribution in [0.3, 0.4) is 0 Å². The molecule has 0 amide bonds. The highest BCUT2D eigenvalue weighted by molar-refractivity contribution is 9.10. The highest BCUT2D eigenvalue weighted by atomic mass is 79.9. The van der Waals surface area contributed by atoms with Gasteiger partial charge in [-0.15, -0.1) is 0 Å². The van der Waals surface area contributed by atoms with Crippen LogP contribution in [0.1, 0.15) is 18.4 Å². The van der Waals surface area contributed by atoms with Crippen molar-refractivity contribution in [3.63, 3.8) is 0 Å². The predicted octanol–water partition coefficient (Wildman–Crippen LogP) is 2.67. The van der Waals surface area contributed by atoms with E-state index in [1.165, 1.54) is 12.1 Å². The van der Waals surface area contributed by atoms with Crippen LogP contribution in [0.25, 0.3) is 0 Å². The van der Waals surface area contributed by atoms with E-state index in [0.29, 0.717) is 24.1 Å². The molecule has 1 aromatic rings. The van der Waals surface area contributed by atoms with Crippen molar-refractivity contribution in [3.8, 4) is 0 Å². The smallest absolute Gasteiger partial charge is 0.124 e. The van der Waals surface area contributed by atoms with Crippen LogP contribution in [-0.2, 0) is 11.2 Å². The third kappa shape index (κ3) is 2.81. The lowest BCUT2D eigenvalue weighted by atomic mass is 9.89. The van der Waals surface area contributed by atoms with E-state index < -0.39 is 5.60 Å². The molecule has 1 N–H and O–H groups in total. The van der Waals surface area contributed by atoms with Crippen LogP contribution in [0.5, 0.6) is 0 Å². The maximum absolute atomic E-state index is 12.9. The van der Waals surface area contributed by atoms with E-state index >= 15 is 0 Å². The standard InChI is InChI=1S/C12H14BrFO2/c13-11-6-10(14)3-2-9(11)7-12(15)4-1-5-16-8-12/h2-3,6,15H,1,4-5,7-8H2. The maximum atomic E-state index is 12.9. The summed E-state index contributed by atoms with van der Waals surface area (Å²) >= 11 is 3.31. The molecule has 1 aliphatic rings. The molecule has 0 spiro atoms. The van der Waals surface area contributed by atoms with E-state index in [1.807, 2.05) is 0 Å². The van der Waals surface area contributed by atoms with Crippen molar-refractivity contribution >= 4 is 15.9 Å². The fraction of sp³-hybridized carbons (Fsp3) is 0.500. The third-order valence-electron chi connectivity index (χ3n) is 2.84. The highest BCUT2D eigenvalue weighted by Gasteiger charge is 2.30. The fourth-order valence-electron chi connectivity index (χ4n) is 2.00. The molecule has 2 nitrogen and oxygen atoms in total. The Kier molecular flexibility index (Phi) is 3.62. The minimum Gasteiger partial charge on any atom is -0.387 e. The lowest BCUT2D eigenvalue weighted by Gasteiger charge is -2.32. The molecule has 0 saturated carbocycles. The van der Waals surface area contributed by atoms with Gasteiger partial charge in [-0.25, -0.2) is 4.39 Å². The maximum Gasteiger partial charge on any atom is 0.124 e. The molecule has 88 valence electrons. The summed E-state index contributed by atoms with van der Waals surface area (Å²) in [6, 6.07) is 4.53. The number of benzene rings is 1.